The first-order chi connectivity index (χ1) is 14.7. The molecule has 1 atom stereocenters. The molecule has 4 rings (SSSR count). The van der Waals surface area contributed by atoms with E-state index in [0.29, 0.717) is 42.5 Å². The molecule has 1 unspecified atom stereocenters. The van der Waals surface area contributed by atoms with Crippen LogP contribution in [0.2, 0.25) is 5.02 Å². The number of amides is 1. The number of nitrogens with zero attached hydrogens (tertiary/aromatic N) is 1. The Hall–Kier alpha value is -2.83. The van der Waals surface area contributed by atoms with Crippen molar-refractivity contribution in [3.63, 3.8) is 0 Å². The van der Waals surface area contributed by atoms with Crippen molar-refractivity contribution in [2.75, 3.05) is 19.8 Å². The highest BCUT2D eigenvalue weighted by Gasteiger charge is 2.34. The van der Waals surface area contributed by atoms with Gasteiger partial charge in [0.05, 0.1) is 23.8 Å². The summed E-state index contributed by atoms with van der Waals surface area (Å²) >= 11 is 6.43. The van der Waals surface area contributed by atoms with E-state index < -0.39 is 5.97 Å². The first-order valence-electron chi connectivity index (χ1n) is 10.1. The molecule has 0 aliphatic carbocycles. The normalized spacial score (nSPS) is 19.8. The number of halogens is 1. The molecule has 2 heterocycles. The maximum Gasteiger partial charge on any atom is 0.328 e. The quantitative estimate of drug-likeness (QED) is 0.719. The number of hydrogen-bond acceptors (Lipinski definition) is 4. The number of hydrogen-bond donors (Lipinski definition) is 1. The largest absolute Gasteiger partial charge is 0.484 e. The zero-order valence-corrected chi connectivity index (χ0v) is 18.2. The van der Waals surface area contributed by atoms with Crippen LogP contribution in [0.1, 0.15) is 29.8 Å². The molecule has 2 aliphatic rings. The fourth-order valence-electron chi connectivity index (χ4n) is 4.00. The Balaban J connectivity index is 1.54. The molecule has 162 valence electrons. The maximum atomic E-state index is 13.0. The third-order valence-corrected chi connectivity index (χ3v) is 5.90. The summed E-state index contributed by atoms with van der Waals surface area (Å²) in [6, 6.07) is 11.3. The average molecular weight is 442 g/mol. The summed E-state index contributed by atoms with van der Waals surface area (Å²) in [4.78, 5) is 25.6. The van der Waals surface area contributed by atoms with E-state index in [9.17, 15) is 9.59 Å². The number of carbonyl (C=O) groups is 2. The van der Waals surface area contributed by atoms with Crippen molar-refractivity contribution in [3.8, 4) is 16.9 Å². The van der Waals surface area contributed by atoms with Gasteiger partial charge < -0.3 is 19.5 Å². The minimum Gasteiger partial charge on any atom is -0.484 e. The summed E-state index contributed by atoms with van der Waals surface area (Å²) in [6.07, 6.45) is 2.80. The molecule has 0 aromatic heterocycles. The number of fused-ring (bicyclic) bond motifs is 1. The second kappa shape index (κ2) is 8.36. The monoisotopic (exact) mass is 441 g/mol. The highest BCUT2D eigenvalue weighted by atomic mass is 35.5. The smallest absolute Gasteiger partial charge is 0.328 e. The Morgan fingerprint density at radius 2 is 1.94 bits per heavy atom. The third-order valence-electron chi connectivity index (χ3n) is 5.62. The highest BCUT2D eigenvalue weighted by molar-refractivity contribution is 6.32. The zero-order valence-electron chi connectivity index (χ0n) is 17.4. The number of benzene rings is 2. The Morgan fingerprint density at radius 3 is 2.61 bits per heavy atom. The van der Waals surface area contributed by atoms with E-state index in [1.165, 1.54) is 6.08 Å². The molecule has 0 saturated carbocycles. The molecule has 0 radical (unpaired) electrons. The van der Waals surface area contributed by atoms with Gasteiger partial charge in [-0.1, -0.05) is 23.7 Å². The van der Waals surface area contributed by atoms with Gasteiger partial charge >= 0.3 is 5.97 Å². The van der Waals surface area contributed by atoms with E-state index in [2.05, 4.69) is 0 Å². The van der Waals surface area contributed by atoms with Crippen LogP contribution in [0, 0.1) is 0 Å². The number of carbonyl (C=O) groups excluding carboxylic acids is 1. The van der Waals surface area contributed by atoms with E-state index in [4.69, 9.17) is 26.2 Å². The highest BCUT2D eigenvalue weighted by Crippen LogP contribution is 2.40. The molecule has 1 saturated heterocycles. The van der Waals surface area contributed by atoms with Crippen LogP contribution in [0.25, 0.3) is 11.1 Å². The van der Waals surface area contributed by atoms with E-state index >= 15 is 0 Å². The number of rotatable bonds is 4. The van der Waals surface area contributed by atoms with Crippen LogP contribution in [0.15, 0.2) is 48.6 Å². The van der Waals surface area contributed by atoms with Crippen LogP contribution >= 0.6 is 11.6 Å². The fourth-order valence-corrected chi connectivity index (χ4v) is 4.29. The minimum absolute atomic E-state index is 0.00621. The van der Waals surface area contributed by atoms with Crippen LogP contribution in [0.3, 0.4) is 0 Å². The molecule has 0 bridgehead atoms. The van der Waals surface area contributed by atoms with Crippen LogP contribution in [-0.2, 0) is 16.0 Å². The molecule has 2 aromatic rings. The molecule has 2 aliphatic heterocycles. The summed E-state index contributed by atoms with van der Waals surface area (Å²) < 4.78 is 11.3. The first kappa shape index (κ1) is 21.4. The number of carboxylic acid groups (broad SMARTS) is 1. The summed E-state index contributed by atoms with van der Waals surface area (Å²) in [7, 11) is 0. The summed E-state index contributed by atoms with van der Waals surface area (Å²) in [5, 5.41) is 9.29. The third kappa shape index (κ3) is 4.45. The van der Waals surface area contributed by atoms with Gasteiger partial charge in [0.1, 0.15) is 11.9 Å². The van der Waals surface area contributed by atoms with E-state index in [0.717, 1.165) is 22.8 Å². The second-order valence-corrected chi connectivity index (χ2v) is 8.81. The van der Waals surface area contributed by atoms with Crippen LogP contribution in [0.4, 0.5) is 0 Å². The number of ether oxygens (including phenoxy) is 2. The lowest BCUT2D eigenvalue weighted by Crippen LogP contribution is -2.55. The van der Waals surface area contributed by atoms with Crippen molar-refractivity contribution in [2.24, 2.45) is 0 Å². The predicted molar refractivity (Wildman–Crippen MR) is 118 cm³/mol. The summed E-state index contributed by atoms with van der Waals surface area (Å²) in [5.74, 6) is -0.429. The SMILES string of the molecule is CC1(C)COCCN1C(=O)c1ccc(-c2cc(Cl)c3c(c2)CC(C=CC(=O)O)O3)cc1. The number of carboxylic acids is 1. The van der Waals surface area contributed by atoms with Gasteiger partial charge in [-0.3, -0.25) is 4.79 Å². The van der Waals surface area contributed by atoms with Gasteiger partial charge in [-0.15, -0.1) is 0 Å². The lowest BCUT2D eigenvalue weighted by Gasteiger charge is -2.42. The first-order valence-corrected chi connectivity index (χ1v) is 10.5. The van der Waals surface area contributed by atoms with Gasteiger partial charge in [-0.25, -0.2) is 4.79 Å². The van der Waals surface area contributed by atoms with Crippen molar-refractivity contribution in [1.29, 1.82) is 0 Å². The molecule has 7 heteroatoms. The Bertz CT molecular complexity index is 1040. The standard InChI is InChI=1S/C24H24ClNO5/c1-24(2)14-30-10-9-26(24)23(29)16-5-3-15(4-6-16)17-11-18-12-19(7-8-21(27)28)31-22(18)20(25)13-17/h3-8,11,13,19H,9-10,12,14H2,1-2H3,(H,27,28). The van der Waals surface area contributed by atoms with Gasteiger partial charge in [-0.2, -0.15) is 0 Å². The van der Waals surface area contributed by atoms with Gasteiger partial charge in [0.15, 0.2) is 0 Å². The summed E-state index contributed by atoms with van der Waals surface area (Å²) in [5.41, 5.74) is 3.08. The predicted octanol–water partition coefficient (Wildman–Crippen LogP) is 4.20. The van der Waals surface area contributed by atoms with Crippen LogP contribution in [-0.4, -0.2) is 53.3 Å². The van der Waals surface area contributed by atoms with E-state index in [1.807, 2.05) is 55.1 Å². The molecule has 2 aromatic carbocycles. The molecule has 1 N–H and O–H groups in total. The van der Waals surface area contributed by atoms with Crippen molar-refractivity contribution in [3.05, 3.63) is 64.7 Å². The molecular weight excluding hydrogens is 418 g/mol. The van der Waals surface area contributed by atoms with E-state index in [-0.39, 0.29) is 17.6 Å². The van der Waals surface area contributed by atoms with Gasteiger partial charge in [-0.05, 0) is 55.3 Å². The molecule has 1 amide bonds. The fraction of sp³-hybridized carbons (Fsp3) is 0.333. The van der Waals surface area contributed by atoms with Crippen molar-refractivity contribution >= 4 is 23.5 Å². The van der Waals surface area contributed by atoms with E-state index in [1.54, 1.807) is 0 Å². The van der Waals surface area contributed by atoms with Gasteiger partial charge in [0.2, 0.25) is 0 Å². The molecule has 1 fully saturated rings. The Kier molecular flexibility index (Phi) is 5.77. The molecule has 31 heavy (non-hydrogen) atoms. The van der Waals surface area contributed by atoms with Crippen molar-refractivity contribution < 1.29 is 24.2 Å². The van der Waals surface area contributed by atoms with Gasteiger partial charge in [0.25, 0.3) is 5.91 Å². The maximum absolute atomic E-state index is 13.0. The zero-order chi connectivity index (χ0) is 22.2. The number of morpholine rings is 1. The van der Waals surface area contributed by atoms with Crippen LogP contribution < -0.4 is 4.74 Å². The lowest BCUT2D eigenvalue weighted by molar-refractivity contribution is -0.131. The molecule has 6 nitrogen and oxygen atoms in total. The Labute approximate surface area is 186 Å². The number of aliphatic carboxylic acids is 1. The van der Waals surface area contributed by atoms with Crippen molar-refractivity contribution in [1.82, 2.24) is 4.90 Å². The second-order valence-electron chi connectivity index (χ2n) is 8.40. The lowest BCUT2D eigenvalue weighted by atomic mass is 9.98. The Morgan fingerprint density at radius 1 is 1.19 bits per heavy atom. The minimum atomic E-state index is -1.01. The topological polar surface area (TPSA) is 76.1 Å². The molecule has 0 spiro atoms. The van der Waals surface area contributed by atoms with Gasteiger partial charge in [0, 0.05) is 30.2 Å². The van der Waals surface area contributed by atoms with Crippen LogP contribution in [0.5, 0.6) is 5.75 Å². The summed E-state index contributed by atoms with van der Waals surface area (Å²) in [6.45, 7) is 5.66. The van der Waals surface area contributed by atoms with Crippen molar-refractivity contribution in [2.45, 2.75) is 31.9 Å². The average Bonchev–Trinajstić information content (AvgIpc) is 3.15. The molecular formula is C24H24ClNO5.